The Kier molecular flexibility index (Phi) is 5.16. The van der Waals surface area contributed by atoms with Crippen molar-refractivity contribution in [1.82, 2.24) is 9.97 Å². The highest BCUT2D eigenvalue weighted by Crippen LogP contribution is 2.24. The van der Waals surface area contributed by atoms with Gasteiger partial charge in [0, 0.05) is 31.4 Å². The van der Waals surface area contributed by atoms with Gasteiger partial charge in [-0.1, -0.05) is 25.4 Å². The van der Waals surface area contributed by atoms with Crippen molar-refractivity contribution < 1.29 is 4.74 Å². The number of methoxy groups -OCH3 is 1. The molecule has 0 saturated heterocycles. The van der Waals surface area contributed by atoms with E-state index in [1.807, 2.05) is 6.92 Å². The zero-order valence-corrected chi connectivity index (χ0v) is 11.1. The molecule has 0 aliphatic carbocycles. The van der Waals surface area contributed by atoms with E-state index in [9.17, 15) is 0 Å². The number of rotatable bonds is 5. The average Bonchev–Trinajstić information content (AvgIpc) is 2.16. The van der Waals surface area contributed by atoms with Gasteiger partial charge in [-0.2, -0.15) is 0 Å². The molecule has 0 saturated carbocycles. The molecule has 0 aliphatic heterocycles. The van der Waals surface area contributed by atoms with Gasteiger partial charge in [0.05, 0.1) is 0 Å². The van der Waals surface area contributed by atoms with Gasteiger partial charge in [-0.25, -0.2) is 9.97 Å². The summed E-state index contributed by atoms with van der Waals surface area (Å²) in [6.07, 6.45) is 1.74. The maximum atomic E-state index is 6.16. The van der Waals surface area contributed by atoms with Crippen molar-refractivity contribution in [2.75, 3.05) is 13.7 Å². The summed E-state index contributed by atoms with van der Waals surface area (Å²) in [7, 11) is 1.70. The summed E-state index contributed by atoms with van der Waals surface area (Å²) in [6.45, 7) is 6.92. The minimum atomic E-state index is 0.362. The zero-order valence-electron chi connectivity index (χ0n) is 10.4. The van der Waals surface area contributed by atoms with Crippen LogP contribution in [0.2, 0.25) is 5.15 Å². The van der Waals surface area contributed by atoms with Crippen LogP contribution in [-0.2, 0) is 11.2 Å². The molecule has 4 heteroatoms. The molecule has 0 radical (unpaired) electrons. The average molecular weight is 243 g/mol. The molecule has 1 aromatic heterocycles. The van der Waals surface area contributed by atoms with Crippen LogP contribution in [0.1, 0.15) is 43.3 Å². The lowest BCUT2D eigenvalue weighted by Crippen LogP contribution is -2.05. The monoisotopic (exact) mass is 242 g/mol. The van der Waals surface area contributed by atoms with Crippen LogP contribution in [0.4, 0.5) is 0 Å². The number of hydrogen-bond acceptors (Lipinski definition) is 3. The fourth-order valence-corrected chi connectivity index (χ4v) is 2.20. The van der Waals surface area contributed by atoms with Crippen LogP contribution in [0.25, 0.3) is 0 Å². The molecule has 0 spiro atoms. The quantitative estimate of drug-likeness (QED) is 0.588. The molecule has 0 fully saturated rings. The van der Waals surface area contributed by atoms with Gasteiger partial charge >= 0.3 is 0 Å². The molecule has 3 nitrogen and oxygen atoms in total. The number of aromatic nitrogens is 2. The lowest BCUT2D eigenvalue weighted by atomic mass is 10.0. The summed E-state index contributed by atoms with van der Waals surface area (Å²) >= 11 is 6.16. The molecule has 1 heterocycles. The van der Waals surface area contributed by atoms with Crippen molar-refractivity contribution in [3.63, 3.8) is 0 Å². The number of nitrogens with zero attached hydrogens (tertiary/aromatic N) is 2. The lowest BCUT2D eigenvalue weighted by Gasteiger charge is -2.12. The predicted octanol–water partition coefficient (Wildman–Crippen LogP) is 3.14. The molecule has 0 unspecified atom stereocenters. The molecule has 0 atom stereocenters. The van der Waals surface area contributed by atoms with E-state index in [2.05, 4.69) is 23.8 Å². The first-order chi connectivity index (χ1) is 7.56. The van der Waals surface area contributed by atoms with Crippen molar-refractivity contribution in [3.05, 3.63) is 22.2 Å². The summed E-state index contributed by atoms with van der Waals surface area (Å²) in [5.41, 5.74) is 2.04. The fraction of sp³-hybridized carbons (Fsp3) is 0.667. The Bertz CT molecular complexity index is 330. The fourth-order valence-electron chi connectivity index (χ4n) is 1.74. The van der Waals surface area contributed by atoms with E-state index >= 15 is 0 Å². The van der Waals surface area contributed by atoms with Crippen LogP contribution in [-0.4, -0.2) is 23.7 Å². The number of ether oxygens (including phenoxy) is 1. The number of hydrogen-bond donors (Lipinski definition) is 0. The van der Waals surface area contributed by atoms with Crippen LogP contribution in [0.3, 0.4) is 0 Å². The van der Waals surface area contributed by atoms with Crippen molar-refractivity contribution in [3.8, 4) is 0 Å². The van der Waals surface area contributed by atoms with Crippen LogP contribution in [0, 0.1) is 6.92 Å². The van der Waals surface area contributed by atoms with Gasteiger partial charge in [-0.05, 0) is 19.3 Å². The highest BCUT2D eigenvalue weighted by atomic mass is 35.5. The third-order valence-corrected chi connectivity index (χ3v) is 2.75. The molecule has 0 amide bonds. The Labute approximate surface area is 102 Å². The first kappa shape index (κ1) is 13.4. The summed E-state index contributed by atoms with van der Waals surface area (Å²) < 4.78 is 5.00. The second-order valence-corrected chi connectivity index (χ2v) is 4.54. The van der Waals surface area contributed by atoms with E-state index in [-0.39, 0.29) is 0 Å². The minimum absolute atomic E-state index is 0.362. The SMILES string of the molecule is COCCCc1nc(C)c(C(C)C)c(Cl)n1. The van der Waals surface area contributed by atoms with Crippen LogP contribution >= 0.6 is 11.6 Å². The normalized spacial score (nSPS) is 11.1. The van der Waals surface area contributed by atoms with Crippen LogP contribution in [0.5, 0.6) is 0 Å². The smallest absolute Gasteiger partial charge is 0.136 e. The molecule has 0 aliphatic rings. The third-order valence-electron chi connectivity index (χ3n) is 2.46. The highest BCUT2D eigenvalue weighted by Gasteiger charge is 2.12. The second kappa shape index (κ2) is 6.16. The summed E-state index contributed by atoms with van der Waals surface area (Å²) in [5, 5.41) is 0.593. The van der Waals surface area contributed by atoms with E-state index in [4.69, 9.17) is 16.3 Å². The van der Waals surface area contributed by atoms with Crippen molar-refractivity contribution in [1.29, 1.82) is 0 Å². The van der Waals surface area contributed by atoms with E-state index in [0.717, 1.165) is 36.5 Å². The van der Waals surface area contributed by atoms with Gasteiger partial charge in [0.2, 0.25) is 0 Å². The van der Waals surface area contributed by atoms with E-state index in [1.165, 1.54) is 0 Å². The molecular weight excluding hydrogens is 224 g/mol. The van der Waals surface area contributed by atoms with Gasteiger partial charge in [-0.3, -0.25) is 0 Å². The minimum Gasteiger partial charge on any atom is -0.385 e. The Morgan fingerprint density at radius 1 is 1.31 bits per heavy atom. The molecular formula is C12H19ClN2O. The maximum Gasteiger partial charge on any atom is 0.136 e. The van der Waals surface area contributed by atoms with Crippen molar-refractivity contribution >= 4 is 11.6 Å². The van der Waals surface area contributed by atoms with Gasteiger partial charge in [0.1, 0.15) is 11.0 Å². The first-order valence-electron chi connectivity index (χ1n) is 5.58. The number of aryl methyl sites for hydroxylation is 2. The number of halogens is 1. The molecule has 0 bridgehead atoms. The largest absolute Gasteiger partial charge is 0.385 e. The zero-order chi connectivity index (χ0) is 12.1. The molecule has 16 heavy (non-hydrogen) atoms. The molecule has 0 aromatic carbocycles. The van der Waals surface area contributed by atoms with Gasteiger partial charge in [0.15, 0.2) is 0 Å². The topological polar surface area (TPSA) is 35.0 Å². The Hall–Kier alpha value is -0.670. The van der Waals surface area contributed by atoms with Crippen LogP contribution < -0.4 is 0 Å². The molecule has 0 N–H and O–H groups in total. The van der Waals surface area contributed by atoms with Crippen molar-refractivity contribution in [2.24, 2.45) is 0 Å². The Morgan fingerprint density at radius 3 is 2.50 bits per heavy atom. The lowest BCUT2D eigenvalue weighted by molar-refractivity contribution is 0.194. The van der Waals surface area contributed by atoms with Gasteiger partial charge in [-0.15, -0.1) is 0 Å². The highest BCUT2D eigenvalue weighted by molar-refractivity contribution is 6.30. The standard InChI is InChI=1S/C12H19ClN2O/c1-8(2)11-9(3)14-10(15-12(11)13)6-5-7-16-4/h8H,5-7H2,1-4H3. The molecule has 1 rings (SSSR count). The van der Waals surface area contributed by atoms with Gasteiger partial charge in [0.25, 0.3) is 0 Å². The predicted molar refractivity (Wildman–Crippen MR) is 66.1 cm³/mol. The second-order valence-electron chi connectivity index (χ2n) is 4.18. The summed E-state index contributed by atoms with van der Waals surface area (Å²) in [6, 6.07) is 0. The Morgan fingerprint density at radius 2 is 2.00 bits per heavy atom. The van der Waals surface area contributed by atoms with E-state index in [0.29, 0.717) is 11.1 Å². The maximum absolute atomic E-state index is 6.16. The molecule has 90 valence electrons. The first-order valence-corrected chi connectivity index (χ1v) is 5.96. The van der Waals surface area contributed by atoms with E-state index in [1.54, 1.807) is 7.11 Å². The Balaban J connectivity index is 2.83. The third kappa shape index (κ3) is 3.42. The molecule has 1 aromatic rings. The van der Waals surface area contributed by atoms with Crippen molar-refractivity contribution in [2.45, 2.75) is 39.5 Å². The summed E-state index contributed by atoms with van der Waals surface area (Å²) in [5.74, 6) is 1.17. The van der Waals surface area contributed by atoms with Crippen LogP contribution in [0.15, 0.2) is 0 Å². The van der Waals surface area contributed by atoms with Gasteiger partial charge < -0.3 is 4.74 Å². The van der Waals surface area contributed by atoms with E-state index < -0.39 is 0 Å². The summed E-state index contributed by atoms with van der Waals surface area (Å²) in [4.78, 5) is 8.80.